The number of carbonyl (C=O) groups is 2. The van der Waals surface area contributed by atoms with Gasteiger partial charge >= 0.3 is 0 Å². The zero-order chi connectivity index (χ0) is 26.3. The topological polar surface area (TPSA) is 82.1 Å². The van der Waals surface area contributed by atoms with E-state index >= 15 is 4.39 Å². The van der Waals surface area contributed by atoms with E-state index in [0.29, 0.717) is 25.7 Å². The highest BCUT2D eigenvalue weighted by Gasteiger charge is 2.79. The van der Waals surface area contributed by atoms with Crippen LogP contribution in [0.25, 0.3) is 0 Å². The fourth-order valence-corrected chi connectivity index (χ4v) is 8.28. The van der Waals surface area contributed by atoms with E-state index in [2.05, 4.69) is 0 Å². The van der Waals surface area contributed by atoms with Gasteiger partial charge in [-0.2, -0.15) is 0 Å². The molecule has 0 spiro atoms. The van der Waals surface area contributed by atoms with Gasteiger partial charge in [0.2, 0.25) is 0 Å². The van der Waals surface area contributed by atoms with E-state index in [1.165, 1.54) is 12.2 Å². The van der Waals surface area contributed by atoms with Crippen LogP contribution in [0.1, 0.15) is 80.1 Å². The molecule has 7 heteroatoms. The zero-order valence-electron chi connectivity index (χ0n) is 22.4. The molecule has 1 unspecified atom stereocenters. The summed E-state index contributed by atoms with van der Waals surface area (Å²) in [6.07, 6.45) is 5.45. The highest BCUT2D eigenvalue weighted by molar-refractivity contribution is 6.01. The molecular weight excluding hydrogens is 463 g/mol. The van der Waals surface area contributed by atoms with Crippen molar-refractivity contribution in [2.24, 2.45) is 22.7 Å². The molecule has 0 amide bonds. The largest absolute Gasteiger partial charge is 0.390 e. The van der Waals surface area contributed by atoms with Crippen LogP contribution in [0.3, 0.4) is 0 Å². The third-order valence-electron chi connectivity index (χ3n) is 10.0. The molecule has 9 atom stereocenters. The van der Waals surface area contributed by atoms with Crippen LogP contribution in [0, 0.1) is 22.7 Å². The number of Topliss-reactive ketones (excluding diaryl/α,β-unsaturated/α-hetero) is 1. The molecule has 36 heavy (non-hydrogen) atoms. The third-order valence-corrected chi connectivity index (χ3v) is 10.0. The van der Waals surface area contributed by atoms with Crippen LogP contribution >= 0.6 is 0 Å². The average Bonchev–Trinajstić information content (AvgIpc) is 3.26. The molecule has 5 aliphatic rings. The fourth-order valence-electron chi connectivity index (χ4n) is 8.28. The molecule has 1 N–H and O–H groups in total. The molecule has 0 bridgehead atoms. The Morgan fingerprint density at radius 2 is 2.00 bits per heavy atom. The Morgan fingerprint density at radius 3 is 2.67 bits per heavy atom. The Hall–Kier alpha value is -1.41. The van der Waals surface area contributed by atoms with E-state index in [1.807, 2.05) is 34.6 Å². The van der Waals surface area contributed by atoms with Crippen LogP contribution in [0.15, 0.2) is 23.8 Å². The predicted octanol–water partition coefficient (Wildman–Crippen LogP) is 4.63. The molecular formula is C29H41FO6. The summed E-state index contributed by atoms with van der Waals surface area (Å²) >= 11 is 0. The van der Waals surface area contributed by atoms with Gasteiger partial charge in [-0.15, -0.1) is 0 Å². The molecule has 200 valence electrons. The number of ether oxygens (including phenoxy) is 3. The molecule has 4 aliphatic carbocycles. The Bertz CT molecular complexity index is 1010. The Morgan fingerprint density at radius 1 is 1.28 bits per heavy atom. The maximum absolute atomic E-state index is 17.4. The summed E-state index contributed by atoms with van der Waals surface area (Å²) in [7, 11) is 0. The summed E-state index contributed by atoms with van der Waals surface area (Å²) in [5.74, 6) is -1.04. The summed E-state index contributed by atoms with van der Waals surface area (Å²) in [6, 6.07) is 0. The fraction of sp³-hybridized carbons (Fsp3) is 0.793. The molecule has 1 saturated heterocycles. The molecule has 4 fully saturated rings. The first kappa shape index (κ1) is 26.2. The summed E-state index contributed by atoms with van der Waals surface area (Å²) in [5, 5.41) is 11.6. The van der Waals surface area contributed by atoms with Gasteiger partial charge in [-0.25, -0.2) is 4.39 Å². The van der Waals surface area contributed by atoms with E-state index in [-0.39, 0.29) is 30.5 Å². The van der Waals surface area contributed by atoms with Gasteiger partial charge in [0.15, 0.2) is 29.1 Å². The van der Waals surface area contributed by atoms with Crippen molar-refractivity contribution in [1.82, 2.24) is 0 Å². The number of halogens is 1. The summed E-state index contributed by atoms with van der Waals surface area (Å²) in [5.41, 5.74) is -4.89. The summed E-state index contributed by atoms with van der Waals surface area (Å²) < 4.78 is 36.3. The second-order valence-corrected chi connectivity index (χ2v) is 13.0. The number of allylic oxidation sites excluding steroid dienone is 4. The number of ketones is 2. The quantitative estimate of drug-likeness (QED) is 0.588. The second-order valence-electron chi connectivity index (χ2n) is 13.0. The first-order chi connectivity index (χ1) is 16.7. The van der Waals surface area contributed by atoms with Gasteiger partial charge in [-0.3, -0.25) is 9.59 Å². The number of aliphatic hydroxyl groups is 1. The van der Waals surface area contributed by atoms with Crippen LogP contribution in [-0.4, -0.2) is 58.6 Å². The van der Waals surface area contributed by atoms with Gasteiger partial charge in [0.25, 0.3) is 0 Å². The number of hydrogen-bond acceptors (Lipinski definition) is 6. The van der Waals surface area contributed by atoms with Gasteiger partial charge in [0, 0.05) is 16.7 Å². The zero-order valence-corrected chi connectivity index (χ0v) is 22.4. The molecule has 0 aromatic rings. The Labute approximate surface area is 213 Å². The lowest BCUT2D eigenvalue weighted by Gasteiger charge is -2.62. The van der Waals surface area contributed by atoms with Crippen LogP contribution < -0.4 is 0 Å². The number of alkyl halides is 1. The maximum atomic E-state index is 17.4. The predicted molar refractivity (Wildman–Crippen MR) is 132 cm³/mol. The number of aliphatic hydroxyl groups excluding tert-OH is 1. The van der Waals surface area contributed by atoms with Gasteiger partial charge in [0.05, 0.1) is 17.8 Å². The number of fused-ring (bicyclic) bond motifs is 7. The molecule has 6 nitrogen and oxygen atoms in total. The maximum Gasteiger partial charge on any atom is 0.193 e. The number of rotatable bonds is 5. The lowest BCUT2D eigenvalue weighted by atomic mass is 9.44. The molecule has 1 aliphatic heterocycles. The van der Waals surface area contributed by atoms with Crippen molar-refractivity contribution in [3.05, 3.63) is 23.8 Å². The lowest BCUT2D eigenvalue weighted by molar-refractivity contribution is -0.232. The van der Waals surface area contributed by atoms with E-state index in [0.717, 1.165) is 12.0 Å². The minimum atomic E-state index is -1.95. The lowest BCUT2D eigenvalue weighted by Crippen LogP contribution is -2.69. The normalized spacial score (nSPS) is 47.6. The molecule has 3 saturated carbocycles. The third kappa shape index (κ3) is 3.35. The van der Waals surface area contributed by atoms with Crippen LogP contribution in [0.5, 0.6) is 0 Å². The van der Waals surface area contributed by atoms with E-state index in [9.17, 15) is 14.7 Å². The minimum Gasteiger partial charge on any atom is -0.390 e. The Kier molecular flexibility index (Phi) is 6.04. The van der Waals surface area contributed by atoms with E-state index in [1.54, 1.807) is 13.0 Å². The van der Waals surface area contributed by atoms with Crippen molar-refractivity contribution in [3.63, 3.8) is 0 Å². The van der Waals surface area contributed by atoms with Crippen molar-refractivity contribution in [1.29, 1.82) is 0 Å². The molecule has 0 radical (unpaired) electrons. The highest BCUT2D eigenvalue weighted by Crippen LogP contribution is 2.71. The van der Waals surface area contributed by atoms with Crippen molar-refractivity contribution >= 4 is 11.6 Å². The SMILES string of the molecule is CCCC1O[C@@H]2C[C@H]3[C@@H]4CCC5=CC(=O)C=C[C@]5(C)[C@@]4(F)[C@@H](O)C[C@]3(C)[C@]2(C(=O)COC(C)(C)C)O1. The number of hydrogen-bond donors (Lipinski definition) is 1. The summed E-state index contributed by atoms with van der Waals surface area (Å²) in [6.45, 7) is 11.4. The van der Waals surface area contributed by atoms with E-state index in [4.69, 9.17) is 14.2 Å². The molecule has 1 heterocycles. The molecule has 5 rings (SSSR count). The van der Waals surface area contributed by atoms with Crippen LogP contribution in [0.2, 0.25) is 0 Å². The number of carbonyl (C=O) groups excluding carboxylic acids is 2. The van der Waals surface area contributed by atoms with Crippen LogP contribution in [-0.2, 0) is 23.8 Å². The van der Waals surface area contributed by atoms with Gasteiger partial charge in [-0.05, 0) is 77.9 Å². The summed E-state index contributed by atoms with van der Waals surface area (Å²) in [4.78, 5) is 26.1. The molecule has 0 aromatic carbocycles. The van der Waals surface area contributed by atoms with Gasteiger partial charge < -0.3 is 19.3 Å². The Balaban J connectivity index is 1.56. The van der Waals surface area contributed by atoms with Crippen molar-refractivity contribution in [3.8, 4) is 0 Å². The van der Waals surface area contributed by atoms with Crippen molar-refractivity contribution in [2.75, 3.05) is 6.61 Å². The first-order valence-electron chi connectivity index (χ1n) is 13.5. The smallest absolute Gasteiger partial charge is 0.193 e. The van der Waals surface area contributed by atoms with Crippen molar-refractivity contribution in [2.45, 2.75) is 115 Å². The standard InChI is InChI=1S/C29H41FO6/c1-7-8-24-35-23-14-20-19-10-9-17-13-18(31)11-12-26(17,5)28(19,30)21(32)15-27(20,6)29(23,36-24)22(33)16-34-25(2,3)4/h11-13,19-21,23-24,32H,7-10,14-16H2,1-6H3/t19-,20-,21-,23+,24?,26-,27-,28-,29+/m0/s1. The average molecular weight is 505 g/mol. The monoisotopic (exact) mass is 504 g/mol. The van der Waals surface area contributed by atoms with Gasteiger partial charge in [-0.1, -0.05) is 31.9 Å². The first-order valence-corrected chi connectivity index (χ1v) is 13.5. The van der Waals surface area contributed by atoms with Crippen LogP contribution in [0.4, 0.5) is 4.39 Å². The minimum absolute atomic E-state index is 0.0787. The van der Waals surface area contributed by atoms with E-state index < -0.39 is 52.1 Å². The van der Waals surface area contributed by atoms with Gasteiger partial charge in [0.1, 0.15) is 6.61 Å². The molecule has 0 aromatic heterocycles. The second kappa shape index (κ2) is 8.29. The van der Waals surface area contributed by atoms with Crippen molar-refractivity contribution < 1.29 is 33.3 Å². The highest BCUT2D eigenvalue weighted by atomic mass is 19.1.